The van der Waals surface area contributed by atoms with Crippen molar-refractivity contribution in [3.8, 4) is 16.9 Å². The molecule has 0 atom stereocenters. The molecule has 0 unspecified atom stereocenters. The average Bonchev–Trinajstić information content (AvgIpc) is 3.30. The Kier molecular flexibility index (Phi) is 8.49. The normalized spacial score (nSPS) is 11.2. The molecule has 0 spiro atoms. The first-order chi connectivity index (χ1) is 19.2. The number of hydrazone groups is 1. The number of aromatic amines is 1. The second kappa shape index (κ2) is 12.0. The van der Waals surface area contributed by atoms with Crippen LogP contribution in [0.3, 0.4) is 0 Å². The summed E-state index contributed by atoms with van der Waals surface area (Å²) in [5.74, 6) is -0.988. The highest BCUT2D eigenvalue weighted by molar-refractivity contribution is 9.10. The fourth-order valence-corrected chi connectivity index (χ4v) is 5.44. The highest BCUT2D eigenvalue weighted by atomic mass is 79.9. The average molecular weight is 676 g/mol. The second-order valence-electron chi connectivity index (χ2n) is 8.45. The first kappa shape index (κ1) is 28.2. The number of ether oxygens (including phenoxy) is 1. The molecule has 200 valence electrons. The largest absolute Gasteiger partial charge is 0.422 e. The van der Waals surface area contributed by atoms with E-state index >= 15 is 0 Å². The Morgan fingerprint density at radius 3 is 2.38 bits per heavy atom. The van der Waals surface area contributed by atoms with Crippen LogP contribution < -0.4 is 10.2 Å². The molecule has 0 radical (unpaired) electrons. The standard InChI is InChI=1S/C29H16BrCl4N3O3/c30-17-6-9-24(40-29(39)20-8-7-18(31)12-22(20)33)16(10-17)14-35-37-28(38)27-25(15-4-2-1-3-5-15)21-11-19(32)13-23(34)26(21)36-27/h1-14,36H,(H,37,38). The zero-order valence-electron chi connectivity index (χ0n) is 20.1. The predicted molar refractivity (Wildman–Crippen MR) is 164 cm³/mol. The summed E-state index contributed by atoms with van der Waals surface area (Å²) in [6.45, 7) is 0. The molecule has 0 aliphatic heterocycles. The van der Waals surface area contributed by atoms with Gasteiger partial charge in [-0.25, -0.2) is 10.2 Å². The molecule has 4 aromatic carbocycles. The van der Waals surface area contributed by atoms with Gasteiger partial charge in [0.25, 0.3) is 5.91 Å². The van der Waals surface area contributed by atoms with Gasteiger partial charge in [0.1, 0.15) is 11.4 Å². The van der Waals surface area contributed by atoms with Crippen LogP contribution in [-0.4, -0.2) is 23.1 Å². The highest BCUT2D eigenvalue weighted by Crippen LogP contribution is 2.37. The number of esters is 1. The van der Waals surface area contributed by atoms with Crippen molar-refractivity contribution >= 4 is 91.3 Å². The summed E-state index contributed by atoms with van der Waals surface area (Å²) in [6.07, 6.45) is 1.36. The molecule has 2 N–H and O–H groups in total. The molecule has 0 fully saturated rings. The van der Waals surface area contributed by atoms with Crippen LogP contribution in [0, 0.1) is 0 Å². The van der Waals surface area contributed by atoms with Crippen molar-refractivity contribution in [2.75, 3.05) is 0 Å². The Morgan fingerprint density at radius 1 is 0.875 bits per heavy atom. The summed E-state index contributed by atoms with van der Waals surface area (Å²) in [4.78, 5) is 29.2. The van der Waals surface area contributed by atoms with Crippen LogP contribution in [0.15, 0.2) is 88.4 Å². The van der Waals surface area contributed by atoms with E-state index in [0.29, 0.717) is 41.6 Å². The maximum Gasteiger partial charge on any atom is 0.345 e. The molecule has 0 aliphatic carbocycles. The van der Waals surface area contributed by atoms with Crippen LogP contribution in [0.4, 0.5) is 0 Å². The number of fused-ring (bicyclic) bond motifs is 1. The van der Waals surface area contributed by atoms with Gasteiger partial charge in [0, 0.05) is 31.0 Å². The molecule has 1 aromatic heterocycles. The number of rotatable bonds is 6. The van der Waals surface area contributed by atoms with Crippen molar-refractivity contribution < 1.29 is 14.3 Å². The van der Waals surface area contributed by atoms with E-state index in [1.807, 2.05) is 30.3 Å². The molecule has 0 saturated heterocycles. The number of hydrogen-bond acceptors (Lipinski definition) is 4. The SMILES string of the molecule is O=C(Oc1ccc(Br)cc1C=NNC(=O)c1[nH]c2c(Cl)cc(Cl)cc2c1-c1ccccc1)c1ccc(Cl)cc1Cl. The van der Waals surface area contributed by atoms with Gasteiger partial charge in [-0.15, -0.1) is 0 Å². The first-order valence-corrected chi connectivity index (χ1v) is 13.9. The van der Waals surface area contributed by atoms with Gasteiger partial charge in [0.2, 0.25) is 0 Å². The molecule has 1 heterocycles. The van der Waals surface area contributed by atoms with E-state index in [-0.39, 0.29) is 22.0 Å². The van der Waals surface area contributed by atoms with Crippen LogP contribution in [0.5, 0.6) is 5.75 Å². The number of hydrogen-bond donors (Lipinski definition) is 2. The lowest BCUT2D eigenvalue weighted by atomic mass is 10.0. The van der Waals surface area contributed by atoms with Crippen LogP contribution in [0.25, 0.3) is 22.0 Å². The number of amides is 1. The first-order valence-electron chi connectivity index (χ1n) is 11.6. The van der Waals surface area contributed by atoms with Crippen molar-refractivity contribution in [3.63, 3.8) is 0 Å². The Bertz CT molecular complexity index is 1810. The smallest absolute Gasteiger partial charge is 0.345 e. The van der Waals surface area contributed by atoms with Crippen molar-refractivity contribution in [1.29, 1.82) is 0 Å². The minimum Gasteiger partial charge on any atom is -0.422 e. The van der Waals surface area contributed by atoms with Crippen molar-refractivity contribution in [1.82, 2.24) is 10.4 Å². The van der Waals surface area contributed by atoms with E-state index in [0.717, 1.165) is 5.56 Å². The fourth-order valence-electron chi connectivity index (χ4n) is 4.03. The molecular formula is C29H16BrCl4N3O3. The second-order valence-corrected chi connectivity index (χ2v) is 11.0. The van der Waals surface area contributed by atoms with E-state index in [9.17, 15) is 9.59 Å². The third-order valence-electron chi connectivity index (χ3n) is 5.81. The Hall–Kier alpha value is -3.33. The number of nitrogens with one attached hydrogen (secondary N) is 2. The zero-order chi connectivity index (χ0) is 28.4. The third-order valence-corrected chi connectivity index (χ3v) is 7.37. The number of aromatic nitrogens is 1. The van der Waals surface area contributed by atoms with Crippen LogP contribution in [-0.2, 0) is 0 Å². The summed E-state index contributed by atoms with van der Waals surface area (Å²) < 4.78 is 6.27. The Labute approximate surface area is 257 Å². The summed E-state index contributed by atoms with van der Waals surface area (Å²) in [7, 11) is 0. The van der Waals surface area contributed by atoms with Gasteiger partial charge in [-0.3, -0.25) is 4.79 Å². The maximum atomic E-state index is 13.3. The van der Waals surface area contributed by atoms with Crippen molar-refractivity contribution in [2.24, 2.45) is 5.10 Å². The molecule has 11 heteroatoms. The van der Waals surface area contributed by atoms with Crippen LogP contribution in [0.1, 0.15) is 26.4 Å². The Balaban J connectivity index is 1.43. The van der Waals surface area contributed by atoms with Gasteiger partial charge in [0.05, 0.1) is 27.3 Å². The van der Waals surface area contributed by atoms with Gasteiger partial charge in [-0.1, -0.05) is 92.7 Å². The van der Waals surface area contributed by atoms with E-state index in [1.54, 1.807) is 36.4 Å². The molecule has 0 saturated carbocycles. The summed E-state index contributed by atoms with van der Waals surface area (Å²) in [5, 5.41) is 6.18. The Morgan fingerprint density at radius 2 is 1.62 bits per heavy atom. The van der Waals surface area contributed by atoms with E-state index in [1.165, 1.54) is 18.3 Å². The van der Waals surface area contributed by atoms with Gasteiger partial charge < -0.3 is 9.72 Å². The molecule has 0 aliphatic rings. The van der Waals surface area contributed by atoms with Gasteiger partial charge in [-0.2, -0.15) is 5.10 Å². The van der Waals surface area contributed by atoms with E-state index in [4.69, 9.17) is 51.1 Å². The molecule has 5 aromatic rings. The number of carbonyl (C=O) groups excluding carboxylic acids is 2. The lowest BCUT2D eigenvalue weighted by Gasteiger charge is -2.09. The highest BCUT2D eigenvalue weighted by Gasteiger charge is 2.21. The van der Waals surface area contributed by atoms with Crippen LogP contribution >= 0.6 is 62.3 Å². The monoisotopic (exact) mass is 673 g/mol. The summed E-state index contributed by atoms with van der Waals surface area (Å²) in [6, 6.07) is 22.2. The lowest BCUT2D eigenvalue weighted by Crippen LogP contribution is -2.19. The molecule has 5 rings (SSSR count). The number of halogens is 5. The minimum atomic E-state index is -0.677. The third kappa shape index (κ3) is 6.04. The number of H-pyrrole nitrogens is 1. The van der Waals surface area contributed by atoms with Gasteiger partial charge in [-0.05, 0) is 54.1 Å². The summed E-state index contributed by atoms with van der Waals surface area (Å²) >= 11 is 28.2. The predicted octanol–water partition coefficient (Wildman–Crippen LogP) is 9.19. The number of nitrogens with zero attached hydrogens (tertiary/aromatic N) is 1. The zero-order valence-corrected chi connectivity index (χ0v) is 24.8. The molecule has 1 amide bonds. The van der Waals surface area contributed by atoms with E-state index < -0.39 is 11.9 Å². The molecule has 6 nitrogen and oxygen atoms in total. The van der Waals surface area contributed by atoms with E-state index in [2.05, 4.69) is 31.4 Å². The minimum absolute atomic E-state index is 0.149. The van der Waals surface area contributed by atoms with Crippen molar-refractivity contribution in [3.05, 3.63) is 120 Å². The topological polar surface area (TPSA) is 83.5 Å². The maximum absolute atomic E-state index is 13.3. The quantitative estimate of drug-likeness (QED) is 0.0815. The molecule has 0 bridgehead atoms. The fraction of sp³-hybridized carbons (Fsp3) is 0. The molecule has 40 heavy (non-hydrogen) atoms. The number of carbonyl (C=O) groups is 2. The number of benzene rings is 4. The van der Waals surface area contributed by atoms with Gasteiger partial charge >= 0.3 is 5.97 Å². The van der Waals surface area contributed by atoms with Crippen LogP contribution in [0.2, 0.25) is 20.1 Å². The molecular weight excluding hydrogens is 660 g/mol. The lowest BCUT2D eigenvalue weighted by molar-refractivity contribution is 0.0734. The summed E-state index contributed by atoms with van der Waals surface area (Å²) in [5.41, 5.74) is 5.35. The van der Waals surface area contributed by atoms with Crippen molar-refractivity contribution in [2.45, 2.75) is 0 Å². The van der Waals surface area contributed by atoms with Gasteiger partial charge in [0.15, 0.2) is 0 Å².